The van der Waals surface area contributed by atoms with Crippen molar-refractivity contribution in [2.45, 2.75) is 25.9 Å². The van der Waals surface area contributed by atoms with Crippen LogP contribution in [0.3, 0.4) is 0 Å². The van der Waals surface area contributed by atoms with Crippen molar-refractivity contribution in [3.8, 4) is 5.69 Å². The van der Waals surface area contributed by atoms with E-state index in [-0.39, 0.29) is 12.1 Å². The van der Waals surface area contributed by atoms with Crippen molar-refractivity contribution in [2.75, 3.05) is 39.4 Å². The summed E-state index contributed by atoms with van der Waals surface area (Å²) in [4.78, 5) is 9.57. The van der Waals surface area contributed by atoms with Crippen LogP contribution in [0.15, 0.2) is 72.9 Å². The molecule has 0 spiro atoms. The van der Waals surface area contributed by atoms with Gasteiger partial charge >= 0.3 is 0 Å². The standard InChI is InChI=1S/C30H33N5OS/c1-21-20-25(22(2)35(21)27-12-7-9-23-8-3-4-10-24(23)27)29-28(26-11-5-6-13-31-26)32-30(37)34(29)15-14-33-16-18-36-19-17-33/h3-13,20,28-29H,14-19H2,1-2H3,(H,32,37)/t28-,29-/m1/s1. The van der Waals surface area contributed by atoms with Crippen LogP contribution < -0.4 is 5.32 Å². The van der Waals surface area contributed by atoms with Crippen molar-refractivity contribution in [3.05, 3.63) is 95.6 Å². The van der Waals surface area contributed by atoms with Gasteiger partial charge in [0.1, 0.15) is 0 Å². The second-order valence-corrected chi connectivity index (χ2v) is 10.3. The smallest absolute Gasteiger partial charge is 0.170 e. The number of aromatic nitrogens is 2. The molecule has 2 aliphatic rings. The molecule has 2 aromatic carbocycles. The molecule has 0 unspecified atom stereocenters. The zero-order valence-electron chi connectivity index (χ0n) is 21.4. The van der Waals surface area contributed by atoms with E-state index in [1.54, 1.807) is 0 Å². The van der Waals surface area contributed by atoms with Crippen LogP contribution in [0.5, 0.6) is 0 Å². The Hall–Kier alpha value is -3.26. The van der Waals surface area contributed by atoms with Gasteiger partial charge in [-0.1, -0.05) is 42.5 Å². The summed E-state index contributed by atoms with van der Waals surface area (Å²) in [6.07, 6.45) is 1.87. The summed E-state index contributed by atoms with van der Waals surface area (Å²) in [5, 5.41) is 6.92. The lowest BCUT2D eigenvalue weighted by Crippen LogP contribution is -2.42. The summed E-state index contributed by atoms with van der Waals surface area (Å²) in [6, 6.07) is 23.6. The SMILES string of the molecule is Cc1cc([C@@H]2[C@@H](c3ccccn3)NC(=S)N2CCN2CCOCC2)c(C)n1-c1cccc2ccccc12. The monoisotopic (exact) mass is 511 g/mol. The summed E-state index contributed by atoms with van der Waals surface area (Å²) in [6.45, 7) is 9.80. The maximum atomic E-state index is 5.94. The van der Waals surface area contributed by atoms with Gasteiger partial charge in [0.15, 0.2) is 5.11 Å². The first-order valence-corrected chi connectivity index (χ1v) is 13.5. The number of morpholine rings is 1. The van der Waals surface area contributed by atoms with Gasteiger partial charge in [-0.3, -0.25) is 9.88 Å². The number of hydrogen-bond acceptors (Lipinski definition) is 4. The van der Waals surface area contributed by atoms with E-state index in [2.05, 4.69) is 94.2 Å². The number of fused-ring (bicyclic) bond motifs is 1. The second kappa shape index (κ2) is 10.2. The molecule has 1 N–H and O–H groups in total. The molecule has 37 heavy (non-hydrogen) atoms. The molecule has 6 rings (SSSR count). The molecule has 2 atom stereocenters. The first-order valence-electron chi connectivity index (χ1n) is 13.1. The van der Waals surface area contributed by atoms with Crippen molar-refractivity contribution in [1.29, 1.82) is 0 Å². The Bertz CT molecular complexity index is 1410. The fourth-order valence-electron chi connectivity index (χ4n) is 5.92. The summed E-state index contributed by atoms with van der Waals surface area (Å²) < 4.78 is 7.96. The normalized spacial score (nSPS) is 20.5. The van der Waals surface area contributed by atoms with Crippen LogP contribution in [0.2, 0.25) is 0 Å². The lowest BCUT2D eigenvalue weighted by atomic mass is 9.96. The maximum Gasteiger partial charge on any atom is 0.170 e. The third-order valence-electron chi connectivity index (χ3n) is 7.76. The van der Waals surface area contributed by atoms with E-state index in [1.165, 1.54) is 33.4 Å². The topological polar surface area (TPSA) is 45.6 Å². The van der Waals surface area contributed by atoms with Crippen molar-refractivity contribution in [3.63, 3.8) is 0 Å². The van der Waals surface area contributed by atoms with Gasteiger partial charge in [0.25, 0.3) is 0 Å². The number of benzene rings is 2. The summed E-state index contributed by atoms with van der Waals surface area (Å²) in [5.74, 6) is 0. The molecule has 2 fully saturated rings. The van der Waals surface area contributed by atoms with Gasteiger partial charge in [0.05, 0.1) is 36.7 Å². The molecule has 0 bridgehead atoms. The summed E-state index contributed by atoms with van der Waals surface area (Å²) in [7, 11) is 0. The van der Waals surface area contributed by atoms with Crippen LogP contribution in [-0.2, 0) is 4.74 Å². The molecule has 7 heteroatoms. The van der Waals surface area contributed by atoms with E-state index in [0.29, 0.717) is 0 Å². The number of thiocarbonyl (C=S) groups is 1. The second-order valence-electron chi connectivity index (χ2n) is 9.93. The average Bonchev–Trinajstić information content (AvgIpc) is 3.42. The number of nitrogens with one attached hydrogen (secondary N) is 1. The zero-order valence-corrected chi connectivity index (χ0v) is 22.2. The minimum Gasteiger partial charge on any atom is -0.379 e. The first kappa shape index (κ1) is 24.1. The Morgan fingerprint density at radius 2 is 1.76 bits per heavy atom. The van der Waals surface area contributed by atoms with Gasteiger partial charge in [-0.05, 0) is 61.3 Å². The van der Waals surface area contributed by atoms with Crippen LogP contribution in [0.4, 0.5) is 0 Å². The van der Waals surface area contributed by atoms with Crippen LogP contribution in [0, 0.1) is 13.8 Å². The highest BCUT2D eigenvalue weighted by Crippen LogP contribution is 2.41. The number of rotatable bonds is 6. The molecule has 190 valence electrons. The van der Waals surface area contributed by atoms with E-state index >= 15 is 0 Å². The van der Waals surface area contributed by atoms with E-state index in [0.717, 1.165) is 50.2 Å². The van der Waals surface area contributed by atoms with Crippen LogP contribution in [-0.4, -0.2) is 63.9 Å². The number of hydrogen-bond donors (Lipinski definition) is 1. The molecule has 0 amide bonds. The van der Waals surface area contributed by atoms with E-state index < -0.39 is 0 Å². The lowest BCUT2D eigenvalue weighted by Gasteiger charge is -2.32. The third-order valence-corrected chi connectivity index (χ3v) is 8.11. The predicted octanol–water partition coefficient (Wildman–Crippen LogP) is 4.95. The molecule has 2 aromatic heterocycles. The number of pyridine rings is 1. The third kappa shape index (κ3) is 4.52. The zero-order chi connectivity index (χ0) is 25.4. The van der Waals surface area contributed by atoms with Gasteiger partial charge in [0.2, 0.25) is 0 Å². The Kier molecular flexibility index (Phi) is 6.67. The van der Waals surface area contributed by atoms with Crippen molar-refractivity contribution >= 4 is 28.1 Å². The minimum absolute atomic E-state index is 0.0140. The van der Waals surface area contributed by atoms with Gasteiger partial charge < -0.3 is 19.5 Å². The fraction of sp³-hybridized carbons (Fsp3) is 0.333. The first-order chi connectivity index (χ1) is 18.1. The van der Waals surface area contributed by atoms with Gasteiger partial charge in [0, 0.05) is 49.1 Å². The highest BCUT2D eigenvalue weighted by molar-refractivity contribution is 7.80. The molecule has 6 nitrogen and oxygen atoms in total. The molecule has 4 aromatic rings. The molecule has 4 heterocycles. The van der Waals surface area contributed by atoms with Crippen molar-refractivity contribution in [2.24, 2.45) is 0 Å². The number of ether oxygens (including phenoxy) is 1. The number of aryl methyl sites for hydroxylation is 1. The van der Waals surface area contributed by atoms with Crippen molar-refractivity contribution in [1.82, 2.24) is 24.7 Å². The van der Waals surface area contributed by atoms with Crippen LogP contribution >= 0.6 is 12.2 Å². The Balaban J connectivity index is 1.42. The Morgan fingerprint density at radius 3 is 2.57 bits per heavy atom. The molecule has 2 saturated heterocycles. The Morgan fingerprint density at radius 1 is 0.973 bits per heavy atom. The molecule has 0 aliphatic carbocycles. The Labute approximate surface area is 223 Å². The highest BCUT2D eigenvalue weighted by atomic mass is 32.1. The molecular formula is C30H33N5OS. The van der Waals surface area contributed by atoms with E-state index in [1.807, 2.05) is 12.3 Å². The lowest BCUT2D eigenvalue weighted by molar-refractivity contribution is 0.0350. The van der Waals surface area contributed by atoms with Gasteiger partial charge in [-0.2, -0.15) is 0 Å². The largest absolute Gasteiger partial charge is 0.379 e. The van der Waals surface area contributed by atoms with Gasteiger partial charge in [-0.15, -0.1) is 0 Å². The molecule has 0 radical (unpaired) electrons. The minimum atomic E-state index is -0.0140. The summed E-state index contributed by atoms with van der Waals surface area (Å²) in [5.41, 5.74) is 5.97. The van der Waals surface area contributed by atoms with Gasteiger partial charge in [-0.25, -0.2) is 0 Å². The fourth-order valence-corrected chi connectivity index (χ4v) is 6.25. The molecule has 2 aliphatic heterocycles. The predicted molar refractivity (Wildman–Crippen MR) is 152 cm³/mol. The van der Waals surface area contributed by atoms with Crippen molar-refractivity contribution < 1.29 is 4.74 Å². The van der Waals surface area contributed by atoms with Crippen LogP contribution in [0.1, 0.15) is 34.7 Å². The molecule has 0 saturated carbocycles. The molecular weight excluding hydrogens is 478 g/mol. The quantitative estimate of drug-likeness (QED) is 0.370. The highest BCUT2D eigenvalue weighted by Gasteiger charge is 2.41. The number of nitrogens with zero attached hydrogens (tertiary/aromatic N) is 4. The maximum absolute atomic E-state index is 5.94. The van der Waals surface area contributed by atoms with E-state index in [9.17, 15) is 0 Å². The van der Waals surface area contributed by atoms with E-state index in [4.69, 9.17) is 21.9 Å². The average molecular weight is 512 g/mol. The van der Waals surface area contributed by atoms with Crippen LogP contribution in [0.25, 0.3) is 16.5 Å². The summed E-state index contributed by atoms with van der Waals surface area (Å²) >= 11 is 5.94.